The summed E-state index contributed by atoms with van der Waals surface area (Å²) in [6.07, 6.45) is 3.20. The lowest BCUT2D eigenvalue weighted by Crippen LogP contribution is -2.63. The van der Waals surface area contributed by atoms with E-state index >= 15 is 0 Å². The second-order valence-electron chi connectivity index (χ2n) is 10.0. The fourth-order valence-corrected chi connectivity index (χ4v) is 5.86. The number of quaternary nitrogens is 1. The first kappa shape index (κ1) is 29.7. The number of anilines is 1. The third-order valence-corrected chi connectivity index (χ3v) is 6.98. The number of aliphatic imine (C=N–C) groups is 1. The monoisotopic (exact) mass is 551 g/mol. The van der Waals surface area contributed by atoms with Crippen molar-refractivity contribution in [2.24, 2.45) is 4.99 Å². The van der Waals surface area contributed by atoms with Gasteiger partial charge in [-0.25, -0.2) is 22.9 Å². The summed E-state index contributed by atoms with van der Waals surface area (Å²) >= 11 is 0. The van der Waals surface area contributed by atoms with Crippen molar-refractivity contribution in [1.29, 1.82) is 0 Å². The van der Waals surface area contributed by atoms with Gasteiger partial charge in [-0.3, -0.25) is 0 Å². The lowest BCUT2D eigenvalue weighted by molar-refractivity contribution is -0.102. The zero-order valence-corrected chi connectivity index (χ0v) is 23.3. The minimum Gasteiger partial charge on any atom is -0.465 e. The number of hydrogen-bond donors (Lipinski definition) is 4. The molecule has 1 atom stereocenters. The maximum Gasteiger partial charge on any atom is 0.404 e. The molecule has 0 bridgehead atoms. The molecule has 2 aromatic rings. The number of benzene rings is 1. The Hall–Kier alpha value is -2.84. The first-order valence-electron chi connectivity index (χ1n) is 12.7. The van der Waals surface area contributed by atoms with E-state index in [4.69, 9.17) is 25.4 Å². The highest BCUT2D eigenvalue weighted by atomic mass is 32.2. The number of hydroxylamine groups is 2. The second kappa shape index (κ2) is 12.3. The lowest BCUT2D eigenvalue weighted by atomic mass is 10.0. The zero-order valence-electron chi connectivity index (χ0n) is 22.5. The van der Waals surface area contributed by atoms with Gasteiger partial charge in [0, 0.05) is 13.2 Å². The van der Waals surface area contributed by atoms with Crippen LogP contribution < -0.4 is 20.4 Å². The van der Waals surface area contributed by atoms with Gasteiger partial charge in [-0.1, -0.05) is 29.6 Å². The minimum atomic E-state index is -3.53. The highest BCUT2D eigenvalue weighted by Crippen LogP contribution is 2.49. The van der Waals surface area contributed by atoms with E-state index in [1.54, 1.807) is 13.8 Å². The fourth-order valence-electron chi connectivity index (χ4n) is 4.79. The maximum atomic E-state index is 12.2. The Morgan fingerprint density at radius 3 is 2.58 bits per heavy atom. The summed E-state index contributed by atoms with van der Waals surface area (Å²) in [6.45, 7) is 7.05. The van der Waals surface area contributed by atoms with Gasteiger partial charge in [0.15, 0.2) is 11.5 Å². The molecular formula is C25H39N6O6S+. The van der Waals surface area contributed by atoms with Gasteiger partial charge in [0.2, 0.25) is 15.7 Å². The van der Waals surface area contributed by atoms with Crippen LogP contribution in [-0.4, -0.2) is 75.1 Å². The van der Waals surface area contributed by atoms with E-state index < -0.39 is 21.7 Å². The molecule has 0 aliphatic carbocycles. The molecule has 5 N–H and O–H groups in total. The molecule has 0 radical (unpaired) electrons. The molecule has 0 saturated heterocycles. The number of carboxylic acid groups (broad SMARTS) is 1. The van der Waals surface area contributed by atoms with Gasteiger partial charge in [0.05, 0.1) is 22.7 Å². The van der Waals surface area contributed by atoms with Gasteiger partial charge < -0.3 is 20.9 Å². The largest absolute Gasteiger partial charge is 0.465 e. The Labute approximate surface area is 223 Å². The summed E-state index contributed by atoms with van der Waals surface area (Å²) in [6, 6.07) is 7.58. The first-order chi connectivity index (χ1) is 17.9. The maximum absolute atomic E-state index is 12.2. The molecule has 1 amide bonds. The molecule has 0 saturated carbocycles. The average molecular weight is 552 g/mol. The molecule has 3 rings (SSSR count). The van der Waals surface area contributed by atoms with Crippen molar-refractivity contribution in [2.45, 2.75) is 52.0 Å². The van der Waals surface area contributed by atoms with E-state index in [2.05, 4.69) is 15.0 Å². The number of nitrogens with one attached hydrogen (secondary N) is 2. The van der Waals surface area contributed by atoms with Crippen molar-refractivity contribution in [3.8, 4) is 0 Å². The highest BCUT2D eigenvalue weighted by Gasteiger charge is 2.52. The molecule has 1 aliphatic heterocycles. The van der Waals surface area contributed by atoms with Crippen LogP contribution in [0, 0.1) is 0 Å². The van der Waals surface area contributed by atoms with Gasteiger partial charge in [-0.05, 0) is 45.7 Å². The Morgan fingerprint density at radius 2 is 1.89 bits per heavy atom. The summed E-state index contributed by atoms with van der Waals surface area (Å²) in [7, 11) is -3.53. The van der Waals surface area contributed by atoms with E-state index in [0.29, 0.717) is 48.9 Å². The molecule has 1 aliphatic rings. The average Bonchev–Trinajstić information content (AvgIpc) is 3.11. The molecule has 0 fully saturated rings. The number of sulfonamides is 1. The van der Waals surface area contributed by atoms with Gasteiger partial charge >= 0.3 is 6.09 Å². The predicted molar refractivity (Wildman–Crippen MR) is 149 cm³/mol. The van der Waals surface area contributed by atoms with Crippen LogP contribution in [0.25, 0.3) is 10.9 Å². The first-order valence-corrected chi connectivity index (χ1v) is 14.6. The van der Waals surface area contributed by atoms with Crippen molar-refractivity contribution in [3.63, 3.8) is 0 Å². The highest BCUT2D eigenvalue weighted by molar-refractivity contribution is 7.88. The summed E-state index contributed by atoms with van der Waals surface area (Å²) in [5, 5.41) is 11.9. The van der Waals surface area contributed by atoms with E-state index in [9.17, 15) is 13.2 Å². The fraction of sp³-hybridized carbons (Fsp3) is 0.560. The standard InChI is InChI=1S/C25H38N6O6S/c1-5-36-16-20-29-21-22(18-12-8-9-13-19(18)28-23(21)26)31(20,17-25(2,3)30-38(4,34)35)37-15-11-7-6-10-14-27-24(32)33/h8-9,12-13,27,30H,5-7,10-11,14-17H2,1-4H3,(H2-,26,28,32,33)/p+1. The number of pyridine rings is 1. The van der Waals surface area contributed by atoms with Crippen molar-refractivity contribution in [1.82, 2.24) is 19.7 Å². The van der Waals surface area contributed by atoms with Gasteiger partial charge in [0.1, 0.15) is 19.8 Å². The summed E-state index contributed by atoms with van der Waals surface area (Å²) in [5.41, 5.74) is 7.33. The van der Waals surface area contributed by atoms with Crippen LogP contribution in [0.3, 0.4) is 0 Å². The van der Waals surface area contributed by atoms with Crippen LogP contribution in [-0.2, 0) is 19.6 Å². The van der Waals surface area contributed by atoms with Crippen LogP contribution in [0.15, 0.2) is 29.3 Å². The van der Waals surface area contributed by atoms with Crippen molar-refractivity contribution < 1.29 is 27.9 Å². The molecule has 12 nitrogen and oxygen atoms in total. The SMILES string of the molecule is CCOCC1=Nc2c(N)nc3ccccc3c2[N+]1(CC(C)(C)NS(C)(=O)=O)OCCCCCCNC(=O)O. The van der Waals surface area contributed by atoms with Crippen LogP contribution in [0.5, 0.6) is 0 Å². The summed E-state index contributed by atoms with van der Waals surface area (Å²) in [5.74, 6) is 0.817. The van der Waals surface area contributed by atoms with Crippen molar-refractivity contribution in [3.05, 3.63) is 24.3 Å². The summed E-state index contributed by atoms with van der Waals surface area (Å²) < 4.78 is 32.8. The Kier molecular flexibility index (Phi) is 9.65. The topological polar surface area (TPSA) is 165 Å². The van der Waals surface area contributed by atoms with E-state index in [1.165, 1.54) is 0 Å². The van der Waals surface area contributed by atoms with Crippen molar-refractivity contribution in [2.75, 3.05) is 44.9 Å². The quantitative estimate of drug-likeness (QED) is 0.193. The molecule has 0 spiro atoms. The van der Waals surface area contributed by atoms with Crippen LogP contribution in [0.4, 0.5) is 22.0 Å². The Bertz CT molecular complexity index is 1280. The predicted octanol–water partition coefficient (Wildman–Crippen LogP) is 3.29. The number of nitrogens with zero attached hydrogens (tertiary/aromatic N) is 3. The normalized spacial score (nSPS) is 17.4. The van der Waals surface area contributed by atoms with Crippen LogP contribution >= 0.6 is 0 Å². The van der Waals surface area contributed by atoms with Gasteiger partial charge in [0.25, 0.3) is 5.84 Å². The lowest BCUT2D eigenvalue weighted by Gasteiger charge is -2.38. The van der Waals surface area contributed by atoms with E-state index in [0.717, 1.165) is 30.9 Å². The van der Waals surface area contributed by atoms with Gasteiger partial charge in [-0.2, -0.15) is 9.83 Å². The second-order valence-corrected chi connectivity index (χ2v) is 11.8. The number of ether oxygens (including phenoxy) is 1. The van der Waals surface area contributed by atoms with Crippen LogP contribution in [0.2, 0.25) is 0 Å². The number of fused-ring (bicyclic) bond motifs is 3. The number of rotatable bonds is 15. The number of aromatic nitrogens is 1. The number of nitrogen functional groups attached to an aromatic ring is 1. The van der Waals surface area contributed by atoms with Gasteiger partial charge in [-0.15, -0.1) is 0 Å². The molecule has 1 aromatic heterocycles. The molecule has 1 unspecified atom stereocenters. The summed E-state index contributed by atoms with van der Waals surface area (Å²) in [4.78, 5) is 26.7. The smallest absolute Gasteiger partial charge is 0.404 e. The zero-order chi connectivity index (χ0) is 28.0. The third-order valence-electron chi connectivity index (χ3n) is 6.06. The number of para-hydroxylation sites is 1. The van der Waals surface area contributed by atoms with E-state index in [-0.39, 0.29) is 23.6 Å². The molecule has 1 aromatic carbocycles. The van der Waals surface area contributed by atoms with E-state index in [1.807, 2.05) is 31.2 Å². The number of amidine groups is 1. The Morgan fingerprint density at radius 1 is 1.18 bits per heavy atom. The molecule has 38 heavy (non-hydrogen) atoms. The number of nitrogens with two attached hydrogens (primary N) is 1. The minimum absolute atomic E-state index is 0.161. The number of carbonyl (C=O) groups is 1. The number of unbranched alkanes of at least 4 members (excludes halogenated alkanes) is 3. The number of amides is 1. The Balaban J connectivity index is 2.00. The molecular weight excluding hydrogens is 512 g/mol. The molecule has 13 heteroatoms. The number of hydrogen-bond acceptors (Lipinski definition) is 8. The molecule has 210 valence electrons. The van der Waals surface area contributed by atoms with Crippen molar-refractivity contribution >= 4 is 50.0 Å². The van der Waals surface area contributed by atoms with Crippen LogP contribution in [0.1, 0.15) is 46.5 Å². The molecule has 2 heterocycles. The third kappa shape index (κ3) is 7.38.